The standard InChI is InChI=1S/C7H11N/c1-3-7(8-2)6-4-5-6/h1,6-8H,4-5H2,2H3. The number of rotatable bonds is 2. The van der Waals surface area contributed by atoms with Gasteiger partial charge in [-0.15, -0.1) is 6.42 Å². The summed E-state index contributed by atoms with van der Waals surface area (Å²) < 4.78 is 0. The summed E-state index contributed by atoms with van der Waals surface area (Å²) in [6.07, 6.45) is 7.84. The molecule has 0 aromatic rings. The van der Waals surface area contributed by atoms with Gasteiger partial charge in [0.25, 0.3) is 0 Å². The average molecular weight is 109 g/mol. The van der Waals surface area contributed by atoms with Gasteiger partial charge in [0.05, 0.1) is 6.04 Å². The van der Waals surface area contributed by atoms with Crippen LogP contribution in [0.25, 0.3) is 0 Å². The van der Waals surface area contributed by atoms with Crippen LogP contribution in [0, 0.1) is 18.3 Å². The highest BCUT2D eigenvalue weighted by Crippen LogP contribution is 2.31. The average Bonchev–Trinajstić information content (AvgIpc) is 2.53. The third kappa shape index (κ3) is 1.02. The fourth-order valence-electron chi connectivity index (χ4n) is 0.885. The highest BCUT2D eigenvalue weighted by atomic mass is 14.9. The Bertz CT molecular complexity index is 108. The number of nitrogens with one attached hydrogen (secondary N) is 1. The van der Waals surface area contributed by atoms with Gasteiger partial charge in [-0.05, 0) is 25.8 Å². The Morgan fingerprint density at radius 3 is 2.50 bits per heavy atom. The Kier molecular flexibility index (Phi) is 1.55. The van der Waals surface area contributed by atoms with Gasteiger partial charge in [0.1, 0.15) is 0 Å². The molecule has 0 aromatic heterocycles. The van der Waals surface area contributed by atoms with E-state index in [9.17, 15) is 0 Å². The minimum absolute atomic E-state index is 0.343. The van der Waals surface area contributed by atoms with E-state index in [1.165, 1.54) is 12.8 Å². The highest BCUT2D eigenvalue weighted by Gasteiger charge is 2.28. The van der Waals surface area contributed by atoms with Crippen molar-refractivity contribution in [2.75, 3.05) is 7.05 Å². The van der Waals surface area contributed by atoms with Crippen LogP contribution in [0.1, 0.15) is 12.8 Å². The molecule has 1 aliphatic rings. The Morgan fingerprint density at radius 2 is 2.38 bits per heavy atom. The van der Waals surface area contributed by atoms with Gasteiger partial charge in [-0.2, -0.15) is 0 Å². The topological polar surface area (TPSA) is 12.0 Å². The zero-order valence-electron chi connectivity index (χ0n) is 5.15. The van der Waals surface area contributed by atoms with Crippen molar-refractivity contribution in [2.45, 2.75) is 18.9 Å². The van der Waals surface area contributed by atoms with Crippen LogP contribution in [0.4, 0.5) is 0 Å². The first kappa shape index (κ1) is 5.65. The summed E-state index contributed by atoms with van der Waals surface area (Å²) in [4.78, 5) is 0. The van der Waals surface area contributed by atoms with Crippen molar-refractivity contribution in [3.8, 4) is 12.3 Å². The van der Waals surface area contributed by atoms with Crippen molar-refractivity contribution in [1.82, 2.24) is 5.32 Å². The summed E-state index contributed by atoms with van der Waals surface area (Å²) in [5.74, 6) is 3.48. The summed E-state index contributed by atoms with van der Waals surface area (Å²) in [5.41, 5.74) is 0. The zero-order chi connectivity index (χ0) is 5.98. The summed E-state index contributed by atoms with van der Waals surface area (Å²) >= 11 is 0. The molecule has 1 N–H and O–H groups in total. The van der Waals surface area contributed by atoms with Crippen LogP contribution in [-0.2, 0) is 0 Å². The van der Waals surface area contributed by atoms with Crippen LogP contribution in [0.15, 0.2) is 0 Å². The molecule has 0 amide bonds. The number of hydrogen-bond acceptors (Lipinski definition) is 1. The smallest absolute Gasteiger partial charge is 0.0713 e. The Balaban J connectivity index is 2.29. The van der Waals surface area contributed by atoms with E-state index in [-0.39, 0.29) is 0 Å². The van der Waals surface area contributed by atoms with E-state index in [4.69, 9.17) is 6.42 Å². The Labute approximate surface area is 50.5 Å². The fraction of sp³-hybridized carbons (Fsp3) is 0.714. The third-order valence-corrected chi connectivity index (χ3v) is 1.58. The van der Waals surface area contributed by atoms with Gasteiger partial charge in [0.15, 0.2) is 0 Å². The zero-order valence-corrected chi connectivity index (χ0v) is 5.15. The lowest BCUT2D eigenvalue weighted by molar-refractivity contribution is 0.614. The van der Waals surface area contributed by atoms with Crippen LogP contribution < -0.4 is 5.32 Å². The van der Waals surface area contributed by atoms with Gasteiger partial charge >= 0.3 is 0 Å². The molecule has 1 nitrogen and oxygen atoms in total. The third-order valence-electron chi connectivity index (χ3n) is 1.58. The van der Waals surface area contributed by atoms with E-state index in [1.807, 2.05) is 7.05 Å². The van der Waals surface area contributed by atoms with E-state index >= 15 is 0 Å². The first-order valence-electron chi connectivity index (χ1n) is 3.02. The van der Waals surface area contributed by atoms with Crippen molar-refractivity contribution < 1.29 is 0 Å². The predicted octanol–water partition coefficient (Wildman–Crippen LogP) is 0.618. The summed E-state index contributed by atoms with van der Waals surface area (Å²) in [7, 11) is 1.92. The van der Waals surface area contributed by atoms with Crippen LogP contribution in [0.2, 0.25) is 0 Å². The molecule has 0 heterocycles. The molecule has 1 fully saturated rings. The summed E-state index contributed by atoms with van der Waals surface area (Å²) in [6.45, 7) is 0. The van der Waals surface area contributed by atoms with Gasteiger partial charge in [0.2, 0.25) is 0 Å². The summed E-state index contributed by atoms with van der Waals surface area (Å²) in [5, 5.41) is 3.08. The van der Waals surface area contributed by atoms with Crippen molar-refractivity contribution in [3.05, 3.63) is 0 Å². The molecule has 1 atom stereocenters. The van der Waals surface area contributed by atoms with Gasteiger partial charge in [-0.3, -0.25) is 0 Å². The fourth-order valence-corrected chi connectivity index (χ4v) is 0.885. The van der Waals surface area contributed by atoms with Crippen LogP contribution >= 0.6 is 0 Å². The first-order chi connectivity index (χ1) is 3.88. The van der Waals surface area contributed by atoms with Gasteiger partial charge in [-0.25, -0.2) is 0 Å². The molecule has 0 spiro atoms. The van der Waals surface area contributed by atoms with Crippen LogP contribution in [0.3, 0.4) is 0 Å². The molecule has 1 unspecified atom stereocenters. The lowest BCUT2D eigenvalue weighted by Crippen LogP contribution is -2.24. The molecule has 1 heteroatoms. The quantitative estimate of drug-likeness (QED) is 0.512. The van der Waals surface area contributed by atoms with Crippen molar-refractivity contribution in [1.29, 1.82) is 0 Å². The molecule has 0 aromatic carbocycles. The molecule has 0 aliphatic heterocycles. The lowest BCUT2D eigenvalue weighted by Gasteiger charge is -2.04. The molecule has 44 valence electrons. The Hall–Kier alpha value is -0.480. The first-order valence-corrected chi connectivity index (χ1v) is 3.02. The second-order valence-electron chi connectivity index (χ2n) is 2.27. The molecule has 0 bridgehead atoms. The molecule has 1 aliphatic carbocycles. The normalized spacial score (nSPS) is 22.0. The number of terminal acetylenes is 1. The monoisotopic (exact) mass is 109 g/mol. The number of hydrogen-bond donors (Lipinski definition) is 1. The second-order valence-corrected chi connectivity index (χ2v) is 2.27. The molecule has 1 saturated carbocycles. The molecule has 0 saturated heterocycles. The molecule has 8 heavy (non-hydrogen) atoms. The van der Waals surface area contributed by atoms with E-state index in [0.717, 1.165) is 5.92 Å². The van der Waals surface area contributed by atoms with E-state index in [2.05, 4.69) is 11.2 Å². The largest absolute Gasteiger partial charge is 0.307 e. The van der Waals surface area contributed by atoms with Crippen LogP contribution in [0.5, 0.6) is 0 Å². The predicted molar refractivity (Wildman–Crippen MR) is 34.4 cm³/mol. The van der Waals surface area contributed by atoms with E-state index in [0.29, 0.717) is 6.04 Å². The molecule has 0 radical (unpaired) electrons. The second kappa shape index (κ2) is 2.19. The van der Waals surface area contributed by atoms with E-state index in [1.54, 1.807) is 0 Å². The van der Waals surface area contributed by atoms with Crippen molar-refractivity contribution in [2.24, 2.45) is 5.92 Å². The van der Waals surface area contributed by atoms with Crippen LogP contribution in [-0.4, -0.2) is 13.1 Å². The van der Waals surface area contributed by atoms with E-state index < -0.39 is 0 Å². The van der Waals surface area contributed by atoms with Gasteiger partial charge < -0.3 is 5.32 Å². The molecular formula is C7H11N. The molecule has 1 rings (SSSR count). The lowest BCUT2D eigenvalue weighted by atomic mass is 10.2. The SMILES string of the molecule is C#CC(NC)C1CC1. The maximum Gasteiger partial charge on any atom is 0.0713 e. The van der Waals surface area contributed by atoms with Crippen molar-refractivity contribution in [3.63, 3.8) is 0 Å². The molecular weight excluding hydrogens is 98.1 g/mol. The maximum absolute atomic E-state index is 5.21. The summed E-state index contributed by atoms with van der Waals surface area (Å²) in [6, 6.07) is 0.343. The highest BCUT2D eigenvalue weighted by molar-refractivity contribution is 5.05. The van der Waals surface area contributed by atoms with Gasteiger partial charge in [-0.1, -0.05) is 5.92 Å². The van der Waals surface area contributed by atoms with Crippen molar-refractivity contribution >= 4 is 0 Å². The Morgan fingerprint density at radius 1 is 1.75 bits per heavy atom. The van der Waals surface area contributed by atoms with Gasteiger partial charge in [0, 0.05) is 0 Å². The maximum atomic E-state index is 5.21. The minimum atomic E-state index is 0.343. The minimum Gasteiger partial charge on any atom is -0.307 e.